The maximum atomic E-state index is 3.78. The molecular weight excluding hydrogens is 280 g/mol. The van der Waals surface area contributed by atoms with Gasteiger partial charge in [0.15, 0.2) is 0 Å². The number of hydrogen-bond donors (Lipinski definition) is 0. The Morgan fingerprint density at radius 2 is 1.81 bits per heavy atom. The largest absolute Gasteiger partial charge is 0.147 e. The molecule has 0 N–H and O–H groups in total. The van der Waals surface area contributed by atoms with Gasteiger partial charge in [0.25, 0.3) is 0 Å². The Balaban J connectivity index is 2.10. The second kappa shape index (κ2) is 5.15. The van der Waals surface area contributed by atoms with Crippen LogP contribution < -0.4 is 0 Å². The number of aryl methyl sites for hydroxylation is 2. The average Bonchev–Trinajstić information content (AvgIpc) is 2.68. The molecule has 0 bridgehead atoms. The fraction of sp³-hybridized carbons (Fsp3) is 0.286. The van der Waals surface area contributed by atoms with Crippen molar-refractivity contribution in [3.8, 4) is 0 Å². The Kier molecular flexibility index (Phi) is 3.82. The lowest BCUT2D eigenvalue weighted by Crippen LogP contribution is -1.94. The topological polar surface area (TPSA) is 0 Å². The molecule has 1 aromatic heterocycles. The smallest absolute Gasteiger partial charge is 0.0532 e. The second-order valence-corrected chi connectivity index (χ2v) is 6.18. The quantitative estimate of drug-likeness (QED) is 0.696. The summed E-state index contributed by atoms with van der Waals surface area (Å²) in [5, 5.41) is 2.16. The highest BCUT2D eigenvalue weighted by Gasteiger charge is 2.12. The van der Waals surface area contributed by atoms with Crippen molar-refractivity contribution < 1.29 is 0 Å². The van der Waals surface area contributed by atoms with Crippen LogP contribution in [-0.4, -0.2) is 0 Å². The highest BCUT2D eigenvalue weighted by atomic mass is 79.9. The summed E-state index contributed by atoms with van der Waals surface area (Å²) in [6, 6.07) is 11.0. The molecule has 0 fully saturated rings. The monoisotopic (exact) mass is 294 g/mol. The molecule has 0 aliphatic rings. The van der Waals surface area contributed by atoms with Gasteiger partial charge < -0.3 is 0 Å². The molecule has 0 spiro atoms. The summed E-state index contributed by atoms with van der Waals surface area (Å²) in [5.74, 6) is 0. The van der Waals surface area contributed by atoms with Crippen LogP contribution in [0.5, 0.6) is 0 Å². The van der Waals surface area contributed by atoms with Crippen molar-refractivity contribution in [1.82, 2.24) is 0 Å². The molecule has 0 saturated heterocycles. The SMILES string of the molecule is Cc1ccc(CC(Br)c2sccc2C)cc1. The summed E-state index contributed by atoms with van der Waals surface area (Å²) in [6.07, 6.45) is 1.06. The Bertz CT molecular complexity index is 456. The molecular formula is C14H15BrS. The maximum absolute atomic E-state index is 3.78. The third-order valence-electron chi connectivity index (χ3n) is 2.72. The van der Waals surface area contributed by atoms with Crippen molar-refractivity contribution in [3.05, 3.63) is 57.3 Å². The maximum Gasteiger partial charge on any atom is 0.0532 e. The van der Waals surface area contributed by atoms with Crippen LogP contribution in [-0.2, 0) is 6.42 Å². The first-order valence-electron chi connectivity index (χ1n) is 5.40. The minimum atomic E-state index is 0.440. The van der Waals surface area contributed by atoms with E-state index in [0.29, 0.717) is 4.83 Å². The van der Waals surface area contributed by atoms with Crippen molar-refractivity contribution in [2.45, 2.75) is 25.1 Å². The molecule has 0 aliphatic heterocycles. The summed E-state index contributed by atoms with van der Waals surface area (Å²) in [6.45, 7) is 4.30. The van der Waals surface area contributed by atoms with E-state index in [-0.39, 0.29) is 0 Å². The molecule has 2 aromatic rings. The Labute approximate surface area is 109 Å². The van der Waals surface area contributed by atoms with E-state index in [1.54, 1.807) is 0 Å². The average molecular weight is 295 g/mol. The molecule has 0 saturated carbocycles. The van der Waals surface area contributed by atoms with Crippen LogP contribution in [0.15, 0.2) is 35.7 Å². The van der Waals surface area contributed by atoms with Gasteiger partial charge in [0.05, 0.1) is 4.83 Å². The lowest BCUT2D eigenvalue weighted by molar-refractivity contribution is 0.960. The molecule has 1 heterocycles. The fourth-order valence-corrected chi connectivity index (χ4v) is 3.69. The predicted molar refractivity (Wildman–Crippen MR) is 75.6 cm³/mol. The van der Waals surface area contributed by atoms with Gasteiger partial charge in [-0.25, -0.2) is 0 Å². The molecule has 0 radical (unpaired) electrons. The lowest BCUT2D eigenvalue weighted by atomic mass is 10.1. The molecule has 2 rings (SSSR count). The van der Waals surface area contributed by atoms with Gasteiger partial charge in [0.2, 0.25) is 0 Å². The molecule has 0 aliphatic carbocycles. The zero-order valence-electron chi connectivity index (χ0n) is 9.53. The molecule has 0 amide bonds. The minimum Gasteiger partial charge on any atom is -0.147 e. The second-order valence-electron chi connectivity index (χ2n) is 4.13. The van der Waals surface area contributed by atoms with Gasteiger partial charge in [0.1, 0.15) is 0 Å². The lowest BCUT2D eigenvalue weighted by Gasteiger charge is -2.09. The third kappa shape index (κ3) is 2.74. The van der Waals surface area contributed by atoms with Crippen LogP contribution in [0.3, 0.4) is 0 Å². The summed E-state index contributed by atoms with van der Waals surface area (Å²) >= 11 is 5.61. The minimum absolute atomic E-state index is 0.440. The van der Waals surface area contributed by atoms with Gasteiger partial charge in [-0.05, 0) is 42.8 Å². The number of hydrogen-bond acceptors (Lipinski definition) is 1. The molecule has 84 valence electrons. The number of thiophene rings is 1. The van der Waals surface area contributed by atoms with Gasteiger partial charge in [-0.1, -0.05) is 45.8 Å². The zero-order chi connectivity index (χ0) is 11.5. The number of rotatable bonds is 3. The Morgan fingerprint density at radius 1 is 1.12 bits per heavy atom. The summed E-state index contributed by atoms with van der Waals surface area (Å²) < 4.78 is 0. The fourth-order valence-electron chi connectivity index (χ4n) is 1.73. The number of benzene rings is 1. The molecule has 1 atom stereocenters. The van der Waals surface area contributed by atoms with Gasteiger partial charge in [-0.3, -0.25) is 0 Å². The first-order chi connectivity index (χ1) is 7.66. The highest BCUT2D eigenvalue weighted by Crippen LogP contribution is 2.33. The van der Waals surface area contributed by atoms with Gasteiger partial charge >= 0.3 is 0 Å². The first kappa shape index (κ1) is 11.9. The normalized spacial score (nSPS) is 12.7. The molecule has 0 nitrogen and oxygen atoms in total. The van der Waals surface area contributed by atoms with Crippen molar-refractivity contribution >= 4 is 27.3 Å². The predicted octanol–water partition coefficient (Wildman–Crippen LogP) is 5.04. The van der Waals surface area contributed by atoms with E-state index in [1.165, 1.54) is 21.6 Å². The number of halogens is 1. The van der Waals surface area contributed by atoms with E-state index in [4.69, 9.17) is 0 Å². The Hall–Kier alpha value is -0.600. The van der Waals surface area contributed by atoms with E-state index in [0.717, 1.165) is 6.42 Å². The van der Waals surface area contributed by atoms with Gasteiger partial charge in [-0.15, -0.1) is 11.3 Å². The van der Waals surface area contributed by atoms with E-state index < -0.39 is 0 Å². The van der Waals surface area contributed by atoms with Crippen LogP contribution in [0.2, 0.25) is 0 Å². The number of alkyl halides is 1. The van der Waals surface area contributed by atoms with E-state index in [2.05, 4.69) is 65.5 Å². The van der Waals surface area contributed by atoms with E-state index >= 15 is 0 Å². The van der Waals surface area contributed by atoms with Crippen LogP contribution >= 0.6 is 27.3 Å². The van der Waals surface area contributed by atoms with Gasteiger partial charge in [0, 0.05) is 4.88 Å². The summed E-state index contributed by atoms with van der Waals surface area (Å²) in [7, 11) is 0. The molecule has 2 heteroatoms. The van der Waals surface area contributed by atoms with E-state index in [9.17, 15) is 0 Å². The van der Waals surface area contributed by atoms with Crippen LogP contribution in [0, 0.1) is 13.8 Å². The first-order valence-corrected chi connectivity index (χ1v) is 7.20. The van der Waals surface area contributed by atoms with E-state index in [1.807, 2.05) is 11.3 Å². The van der Waals surface area contributed by atoms with Crippen molar-refractivity contribution in [2.75, 3.05) is 0 Å². The highest BCUT2D eigenvalue weighted by molar-refractivity contribution is 9.09. The molecule has 16 heavy (non-hydrogen) atoms. The third-order valence-corrected chi connectivity index (χ3v) is 4.94. The standard InChI is InChI=1S/C14H15BrS/c1-10-3-5-12(6-4-10)9-13(15)14-11(2)7-8-16-14/h3-8,13H,9H2,1-2H3. The van der Waals surface area contributed by atoms with Crippen LogP contribution in [0.1, 0.15) is 26.4 Å². The molecule has 1 unspecified atom stereocenters. The zero-order valence-corrected chi connectivity index (χ0v) is 11.9. The van der Waals surface area contributed by atoms with Crippen molar-refractivity contribution in [2.24, 2.45) is 0 Å². The summed E-state index contributed by atoms with van der Waals surface area (Å²) in [5.41, 5.74) is 4.10. The Morgan fingerprint density at radius 3 is 2.38 bits per heavy atom. The molecule has 1 aromatic carbocycles. The van der Waals surface area contributed by atoms with Crippen molar-refractivity contribution in [1.29, 1.82) is 0 Å². The van der Waals surface area contributed by atoms with Crippen LogP contribution in [0.4, 0.5) is 0 Å². The van der Waals surface area contributed by atoms with Gasteiger partial charge in [-0.2, -0.15) is 0 Å². The summed E-state index contributed by atoms with van der Waals surface area (Å²) in [4.78, 5) is 1.88. The van der Waals surface area contributed by atoms with Crippen molar-refractivity contribution in [3.63, 3.8) is 0 Å². The van der Waals surface area contributed by atoms with Crippen LogP contribution in [0.25, 0.3) is 0 Å².